The maximum atomic E-state index is 14.0. The van der Waals surface area contributed by atoms with Gasteiger partial charge in [-0.3, -0.25) is 4.79 Å². The maximum Gasteiger partial charge on any atom is 0.255 e. The third kappa shape index (κ3) is 3.21. The number of alkyl halides is 1. The fourth-order valence-electron chi connectivity index (χ4n) is 1.85. The van der Waals surface area contributed by atoms with E-state index in [1.54, 1.807) is 0 Å². The predicted octanol–water partition coefficient (Wildman–Crippen LogP) is 3.11. The Balaban J connectivity index is 2.71. The lowest BCUT2D eigenvalue weighted by Gasteiger charge is -2.21. The maximum absolute atomic E-state index is 14.0. The average Bonchev–Trinajstić information content (AvgIpc) is 2.53. The summed E-state index contributed by atoms with van der Waals surface area (Å²) in [7, 11) is 1.16. The number of hydrogen-bond donors (Lipinski definition) is 0. The summed E-state index contributed by atoms with van der Waals surface area (Å²) in [5.41, 5.74) is -0.859. The number of carbonyl (C=O) groups is 1. The predicted molar refractivity (Wildman–Crippen MR) is 77.5 cm³/mol. The molecular formula is C14H11ClF3N3O2. The van der Waals surface area contributed by atoms with Gasteiger partial charge < -0.3 is 4.74 Å². The van der Waals surface area contributed by atoms with E-state index in [4.69, 9.17) is 16.3 Å². The van der Waals surface area contributed by atoms with E-state index in [0.717, 1.165) is 25.3 Å². The van der Waals surface area contributed by atoms with Gasteiger partial charge in [0.15, 0.2) is 0 Å². The Kier molecular flexibility index (Phi) is 5.05. The monoisotopic (exact) mass is 345 g/mol. The number of methoxy groups -OCH3 is 1. The Labute approximate surface area is 134 Å². The Bertz CT molecular complexity index is 738. The Hall–Kier alpha value is -2.35. The van der Waals surface area contributed by atoms with Crippen molar-refractivity contribution in [3.8, 4) is 5.88 Å². The molecule has 2 rings (SSSR count). The molecule has 122 valence electrons. The summed E-state index contributed by atoms with van der Waals surface area (Å²) in [5, 5.41) is 0. The zero-order chi connectivity index (χ0) is 17.1. The van der Waals surface area contributed by atoms with Crippen LogP contribution in [0.2, 0.25) is 0 Å². The number of nitrogens with zero attached hydrogens (tertiary/aromatic N) is 3. The molecule has 0 radical (unpaired) electrons. The summed E-state index contributed by atoms with van der Waals surface area (Å²) >= 11 is 5.50. The molecule has 0 aliphatic carbocycles. The lowest BCUT2D eigenvalue weighted by molar-refractivity contribution is -0.115. The number of ether oxygens (including phenoxy) is 1. The zero-order valence-electron chi connectivity index (χ0n) is 12.1. The Morgan fingerprint density at radius 3 is 2.39 bits per heavy atom. The van der Waals surface area contributed by atoms with Crippen LogP contribution in [-0.4, -0.2) is 28.9 Å². The van der Waals surface area contributed by atoms with E-state index in [2.05, 4.69) is 9.97 Å². The van der Waals surface area contributed by atoms with Gasteiger partial charge in [-0.1, -0.05) is 6.07 Å². The standard InChI is InChI=1S/C14H11ClF3N3O2/c1-7-11(18)13(23-2)20-14(19-7)21(10(22)6-15)12-8(16)4-3-5-9(12)17/h3-5H,6H2,1-2H3. The number of amides is 1. The van der Waals surface area contributed by atoms with Crippen LogP contribution in [0.1, 0.15) is 5.69 Å². The number of aryl methyl sites for hydroxylation is 1. The van der Waals surface area contributed by atoms with E-state index in [1.165, 1.54) is 6.92 Å². The number of carbonyl (C=O) groups excluding carboxylic acids is 1. The van der Waals surface area contributed by atoms with Crippen molar-refractivity contribution in [1.29, 1.82) is 0 Å². The minimum Gasteiger partial charge on any atom is -0.479 e. The fraction of sp³-hybridized carbons (Fsp3) is 0.214. The number of benzene rings is 1. The van der Waals surface area contributed by atoms with Crippen LogP contribution in [0.15, 0.2) is 18.2 Å². The summed E-state index contributed by atoms with van der Waals surface area (Å²) < 4.78 is 46.5. The smallest absolute Gasteiger partial charge is 0.255 e. The third-order valence-corrected chi connectivity index (χ3v) is 3.12. The first-order chi connectivity index (χ1) is 10.9. The van der Waals surface area contributed by atoms with E-state index >= 15 is 0 Å². The van der Waals surface area contributed by atoms with Crippen molar-refractivity contribution in [2.24, 2.45) is 0 Å². The first-order valence-corrected chi connectivity index (χ1v) is 6.85. The topological polar surface area (TPSA) is 55.3 Å². The molecule has 1 amide bonds. The van der Waals surface area contributed by atoms with Gasteiger partial charge in [0.05, 0.1) is 12.8 Å². The van der Waals surface area contributed by atoms with E-state index in [0.29, 0.717) is 4.90 Å². The molecule has 0 saturated carbocycles. The van der Waals surface area contributed by atoms with Gasteiger partial charge in [0.1, 0.15) is 23.2 Å². The molecule has 1 heterocycles. The van der Waals surface area contributed by atoms with Crippen molar-refractivity contribution < 1.29 is 22.7 Å². The average molecular weight is 346 g/mol. The molecule has 0 fully saturated rings. The van der Waals surface area contributed by atoms with Crippen LogP contribution in [0.4, 0.5) is 24.8 Å². The first kappa shape index (κ1) is 17.0. The van der Waals surface area contributed by atoms with Crippen molar-refractivity contribution in [3.63, 3.8) is 0 Å². The highest BCUT2D eigenvalue weighted by Crippen LogP contribution is 2.30. The number of halogens is 4. The number of rotatable bonds is 4. The van der Waals surface area contributed by atoms with Gasteiger partial charge in [-0.15, -0.1) is 11.6 Å². The summed E-state index contributed by atoms with van der Waals surface area (Å²) in [6.07, 6.45) is 0. The van der Waals surface area contributed by atoms with E-state index in [1.807, 2.05) is 0 Å². The summed E-state index contributed by atoms with van der Waals surface area (Å²) in [6, 6.07) is 3.05. The highest BCUT2D eigenvalue weighted by Gasteiger charge is 2.28. The van der Waals surface area contributed by atoms with Crippen molar-refractivity contribution in [1.82, 2.24) is 9.97 Å². The minimum absolute atomic E-state index is 0.157. The second kappa shape index (κ2) is 6.82. The molecule has 9 heteroatoms. The molecule has 0 unspecified atom stereocenters. The Morgan fingerprint density at radius 1 is 1.26 bits per heavy atom. The molecule has 0 bridgehead atoms. The van der Waals surface area contributed by atoms with Crippen molar-refractivity contribution in [2.75, 3.05) is 17.9 Å². The normalized spacial score (nSPS) is 10.5. The molecule has 23 heavy (non-hydrogen) atoms. The molecule has 5 nitrogen and oxygen atoms in total. The molecule has 0 spiro atoms. The zero-order valence-corrected chi connectivity index (χ0v) is 12.9. The van der Waals surface area contributed by atoms with Crippen LogP contribution in [-0.2, 0) is 4.79 Å². The van der Waals surface area contributed by atoms with Gasteiger partial charge in [0, 0.05) is 0 Å². The second-order valence-electron chi connectivity index (χ2n) is 4.37. The van der Waals surface area contributed by atoms with Crippen molar-refractivity contribution in [2.45, 2.75) is 6.92 Å². The summed E-state index contributed by atoms with van der Waals surface area (Å²) in [4.78, 5) is 20.0. The third-order valence-electron chi connectivity index (χ3n) is 2.89. The molecular weight excluding hydrogens is 335 g/mol. The van der Waals surface area contributed by atoms with Gasteiger partial charge in [0.2, 0.25) is 17.7 Å². The lowest BCUT2D eigenvalue weighted by atomic mass is 10.2. The molecule has 2 aromatic rings. The molecule has 0 atom stereocenters. The van der Waals surface area contributed by atoms with Crippen molar-refractivity contribution in [3.05, 3.63) is 41.3 Å². The van der Waals surface area contributed by atoms with Crippen LogP contribution in [0.3, 0.4) is 0 Å². The van der Waals surface area contributed by atoms with Crippen LogP contribution in [0.5, 0.6) is 5.88 Å². The second-order valence-corrected chi connectivity index (χ2v) is 4.63. The van der Waals surface area contributed by atoms with Gasteiger partial charge in [-0.05, 0) is 19.1 Å². The van der Waals surface area contributed by atoms with Crippen LogP contribution in [0.25, 0.3) is 0 Å². The van der Waals surface area contributed by atoms with Gasteiger partial charge in [-0.25, -0.2) is 18.7 Å². The highest BCUT2D eigenvalue weighted by molar-refractivity contribution is 6.30. The number of para-hydroxylation sites is 1. The minimum atomic E-state index is -1.02. The Morgan fingerprint density at radius 2 is 1.87 bits per heavy atom. The molecule has 1 aromatic heterocycles. The molecule has 0 aliphatic heterocycles. The first-order valence-electron chi connectivity index (χ1n) is 6.31. The SMILES string of the molecule is COc1nc(N(C(=O)CCl)c2c(F)cccc2F)nc(C)c1F. The largest absolute Gasteiger partial charge is 0.479 e. The van der Waals surface area contributed by atoms with Crippen molar-refractivity contribution >= 4 is 29.1 Å². The highest BCUT2D eigenvalue weighted by atomic mass is 35.5. The van der Waals surface area contributed by atoms with E-state index in [9.17, 15) is 18.0 Å². The number of hydrogen-bond acceptors (Lipinski definition) is 4. The molecule has 0 aliphatic rings. The van der Waals surface area contributed by atoms with Gasteiger partial charge >= 0.3 is 0 Å². The van der Waals surface area contributed by atoms with Crippen LogP contribution >= 0.6 is 11.6 Å². The summed E-state index contributed by atoms with van der Waals surface area (Å²) in [5.74, 6) is -5.27. The fourth-order valence-corrected chi connectivity index (χ4v) is 1.97. The molecule has 1 aromatic carbocycles. The van der Waals surface area contributed by atoms with Gasteiger partial charge in [0.25, 0.3) is 5.88 Å². The van der Waals surface area contributed by atoms with E-state index in [-0.39, 0.29) is 5.69 Å². The van der Waals surface area contributed by atoms with Crippen LogP contribution in [0, 0.1) is 24.4 Å². The molecule has 0 saturated heterocycles. The molecule has 0 N–H and O–H groups in total. The van der Waals surface area contributed by atoms with Crippen LogP contribution < -0.4 is 9.64 Å². The summed E-state index contributed by atoms with van der Waals surface area (Å²) in [6.45, 7) is 1.30. The van der Waals surface area contributed by atoms with Gasteiger partial charge in [-0.2, -0.15) is 9.37 Å². The number of anilines is 2. The quantitative estimate of drug-likeness (QED) is 0.799. The lowest BCUT2D eigenvalue weighted by Crippen LogP contribution is -2.31. The van der Waals surface area contributed by atoms with E-state index < -0.39 is 46.8 Å². The number of aromatic nitrogens is 2.